The Hall–Kier alpha value is -0.0800. The van der Waals surface area contributed by atoms with Gasteiger partial charge >= 0.3 is 0 Å². The number of nitrogens with two attached hydrogens (primary N) is 1. The van der Waals surface area contributed by atoms with Crippen molar-refractivity contribution in [1.29, 1.82) is 0 Å². The maximum Gasteiger partial charge on any atom is 0.0690 e. The lowest BCUT2D eigenvalue weighted by Crippen LogP contribution is -2.49. The van der Waals surface area contributed by atoms with Crippen LogP contribution in [0, 0.1) is 11.8 Å². The van der Waals surface area contributed by atoms with Gasteiger partial charge in [0, 0.05) is 5.92 Å². The highest BCUT2D eigenvalue weighted by molar-refractivity contribution is 4.95. The van der Waals surface area contributed by atoms with Crippen LogP contribution in [0.3, 0.4) is 0 Å². The maximum absolute atomic E-state index is 9.96. The molecule has 0 saturated heterocycles. The van der Waals surface area contributed by atoms with Gasteiger partial charge in [0.15, 0.2) is 0 Å². The van der Waals surface area contributed by atoms with E-state index in [1.807, 2.05) is 0 Å². The summed E-state index contributed by atoms with van der Waals surface area (Å²) in [5.41, 5.74) is 5.20. The molecule has 2 nitrogen and oxygen atoms in total. The summed E-state index contributed by atoms with van der Waals surface area (Å²) >= 11 is 0. The Morgan fingerprint density at radius 2 is 2.00 bits per heavy atom. The molecule has 0 aromatic carbocycles. The fourth-order valence-electron chi connectivity index (χ4n) is 2.02. The van der Waals surface area contributed by atoms with Crippen molar-refractivity contribution in [1.82, 2.24) is 0 Å². The molecule has 66 valence electrons. The van der Waals surface area contributed by atoms with Gasteiger partial charge in [-0.25, -0.2) is 0 Å². The summed E-state index contributed by atoms with van der Waals surface area (Å²) in [6.07, 6.45) is 3.07. The van der Waals surface area contributed by atoms with Gasteiger partial charge < -0.3 is 10.8 Å². The second kappa shape index (κ2) is 3.11. The normalized spacial score (nSPS) is 24.8. The molecule has 2 heteroatoms. The van der Waals surface area contributed by atoms with Gasteiger partial charge in [-0.2, -0.15) is 0 Å². The summed E-state index contributed by atoms with van der Waals surface area (Å²) in [5, 5.41) is 9.96. The van der Waals surface area contributed by atoms with Crippen LogP contribution in [0.4, 0.5) is 0 Å². The summed E-state index contributed by atoms with van der Waals surface area (Å²) in [7, 11) is 0. The van der Waals surface area contributed by atoms with Gasteiger partial charge in [-0.15, -0.1) is 0 Å². The summed E-state index contributed by atoms with van der Waals surface area (Å²) in [5.74, 6) is 0.807. The third-order valence-corrected chi connectivity index (χ3v) is 2.97. The highest BCUT2D eigenvalue weighted by atomic mass is 16.3. The Kier molecular flexibility index (Phi) is 2.55. The van der Waals surface area contributed by atoms with Crippen LogP contribution in [0.5, 0.6) is 0 Å². The lowest BCUT2D eigenvalue weighted by Gasteiger charge is -2.44. The van der Waals surface area contributed by atoms with Crippen LogP contribution < -0.4 is 5.73 Å². The molecule has 3 N–H and O–H groups in total. The molecule has 1 unspecified atom stereocenters. The predicted molar refractivity (Wildman–Crippen MR) is 46.2 cm³/mol. The zero-order valence-corrected chi connectivity index (χ0v) is 7.51. The Morgan fingerprint density at radius 3 is 2.09 bits per heavy atom. The van der Waals surface area contributed by atoms with Gasteiger partial charge in [-0.05, 0) is 31.7 Å². The average molecular weight is 157 g/mol. The summed E-state index contributed by atoms with van der Waals surface area (Å²) in [6.45, 7) is 4.88. The van der Waals surface area contributed by atoms with Crippen LogP contribution >= 0.6 is 0 Å². The van der Waals surface area contributed by atoms with Gasteiger partial charge in [-0.1, -0.05) is 13.8 Å². The van der Waals surface area contributed by atoms with Crippen molar-refractivity contribution >= 4 is 0 Å². The van der Waals surface area contributed by atoms with E-state index in [0.717, 1.165) is 12.8 Å². The molecule has 0 spiro atoms. The van der Waals surface area contributed by atoms with Crippen LogP contribution in [-0.2, 0) is 0 Å². The van der Waals surface area contributed by atoms with E-state index in [-0.39, 0.29) is 0 Å². The van der Waals surface area contributed by atoms with E-state index in [1.54, 1.807) is 0 Å². The highest BCUT2D eigenvalue weighted by Crippen LogP contribution is 2.40. The topological polar surface area (TPSA) is 46.2 Å². The molecular weight excluding hydrogens is 138 g/mol. The fourth-order valence-corrected chi connectivity index (χ4v) is 2.02. The predicted octanol–water partition coefficient (Wildman–Crippen LogP) is 1.13. The van der Waals surface area contributed by atoms with Gasteiger partial charge in [0.05, 0.1) is 5.60 Å². The van der Waals surface area contributed by atoms with Crippen molar-refractivity contribution in [3.63, 3.8) is 0 Å². The Balaban J connectivity index is 2.53. The van der Waals surface area contributed by atoms with Crippen LogP contribution in [0.1, 0.15) is 33.1 Å². The lowest BCUT2D eigenvalue weighted by molar-refractivity contribution is -0.0943. The molecule has 1 saturated carbocycles. The van der Waals surface area contributed by atoms with Gasteiger partial charge in [0.25, 0.3) is 0 Å². The van der Waals surface area contributed by atoms with E-state index >= 15 is 0 Å². The first-order valence-electron chi connectivity index (χ1n) is 4.52. The van der Waals surface area contributed by atoms with Crippen molar-refractivity contribution < 1.29 is 5.11 Å². The third kappa shape index (κ3) is 1.57. The Bertz CT molecular complexity index is 130. The molecule has 0 aromatic heterocycles. The summed E-state index contributed by atoms with van der Waals surface area (Å²) < 4.78 is 0. The molecule has 0 radical (unpaired) electrons. The van der Waals surface area contributed by atoms with Crippen LogP contribution in [0.15, 0.2) is 0 Å². The van der Waals surface area contributed by atoms with E-state index in [9.17, 15) is 5.11 Å². The van der Waals surface area contributed by atoms with E-state index < -0.39 is 5.60 Å². The summed E-state index contributed by atoms with van der Waals surface area (Å²) in [6, 6.07) is 0. The van der Waals surface area contributed by atoms with Crippen molar-refractivity contribution in [2.24, 2.45) is 17.6 Å². The van der Waals surface area contributed by atoms with Crippen molar-refractivity contribution in [3.05, 3.63) is 0 Å². The molecule has 1 atom stereocenters. The number of aliphatic hydroxyl groups is 1. The minimum absolute atomic E-state index is 0.302. The second-order valence-corrected chi connectivity index (χ2v) is 4.04. The first kappa shape index (κ1) is 9.01. The first-order chi connectivity index (χ1) is 5.10. The lowest BCUT2D eigenvalue weighted by atomic mass is 9.67. The van der Waals surface area contributed by atoms with Crippen molar-refractivity contribution in [2.75, 3.05) is 6.54 Å². The molecule has 1 fully saturated rings. The fraction of sp³-hybridized carbons (Fsp3) is 1.00. The monoisotopic (exact) mass is 157 g/mol. The Morgan fingerprint density at radius 1 is 1.45 bits per heavy atom. The summed E-state index contributed by atoms with van der Waals surface area (Å²) in [4.78, 5) is 0. The molecule has 0 aliphatic heterocycles. The molecule has 0 heterocycles. The van der Waals surface area contributed by atoms with E-state index in [1.165, 1.54) is 6.42 Å². The van der Waals surface area contributed by atoms with Gasteiger partial charge in [0.1, 0.15) is 0 Å². The van der Waals surface area contributed by atoms with E-state index in [2.05, 4.69) is 13.8 Å². The van der Waals surface area contributed by atoms with Gasteiger partial charge in [0.2, 0.25) is 0 Å². The van der Waals surface area contributed by atoms with E-state index in [4.69, 9.17) is 5.73 Å². The molecule has 11 heavy (non-hydrogen) atoms. The third-order valence-electron chi connectivity index (χ3n) is 2.97. The molecule has 0 aromatic rings. The van der Waals surface area contributed by atoms with Crippen molar-refractivity contribution in [2.45, 2.75) is 38.7 Å². The molecular formula is C9H19NO. The zero-order chi connectivity index (χ0) is 8.48. The number of rotatable bonds is 3. The molecule has 1 rings (SSSR count). The van der Waals surface area contributed by atoms with Crippen LogP contribution in [-0.4, -0.2) is 17.3 Å². The first-order valence-corrected chi connectivity index (χ1v) is 4.52. The molecule has 1 aliphatic rings. The molecule has 0 bridgehead atoms. The number of hydrogen-bond donors (Lipinski definition) is 2. The highest BCUT2D eigenvalue weighted by Gasteiger charge is 2.42. The quantitative estimate of drug-likeness (QED) is 0.645. The standard InChI is InChI=1S/C9H19NO/c1-7(2)8(6-10)9(11)4-3-5-9/h7-8,11H,3-6,10H2,1-2H3. The zero-order valence-electron chi connectivity index (χ0n) is 7.51. The van der Waals surface area contributed by atoms with Gasteiger partial charge in [-0.3, -0.25) is 0 Å². The minimum Gasteiger partial charge on any atom is -0.390 e. The molecule has 0 amide bonds. The SMILES string of the molecule is CC(C)C(CN)C1(O)CCC1. The molecule has 1 aliphatic carbocycles. The van der Waals surface area contributed by atoms with E-state index in [0.29, 0.717) is 18.4 Å². The number of hydrogen-bond acceptors (Lipinski definition) is 2. The average Bonchev–Trinajstić information content (AvgIpc) is 1.85. The maximum atomic E-state index is 9.96. The van der Waals surface area contributed by atoms with Crippen LogP contribution in [0.25, 0.3) is 0 Å². The minimum atomic E-state index is -0.414. The largest absolute Gasteiger partial charge is 0.390 e. The smallest absolute Gasteiger partial charge is 0.0690 e. The van der Waals surface area contributed by atoms with Crippen molar-refractivity contribution in [3.8, 4) is 0 Å². The second-order valence-electron chi connectivity index (χ2n) is 4.04. The Labute approximate surface area is 68.8 Å². The van der Waals surface area contributed by atoms with Crippen LogP contribution in [0.2, 0.25) is 0 Å².